The van der Waals surface area contributed by atoms with E-state index in [4.69, 9.17) is 0 Å². The first-order valence-corrected chi connectivity index (χ1v) is 14.7. The Hall–Kier alpha value is -2.93. The Balaban J connectivity index is 1.63. The lowest BCUT2D eigenvalue weighted by Crippen LogP contribution is -2.26. The zero-order chi connectivity index (χ0) is 27.3. The number of Topliss-reactive ketones (excluding diaryl/α,β-unsaturated/α-hetero) is 1. The van der Waals surface area contributed by atoms with E-state index in [9.17, 15) is 4.79 Å². The topological polar surface area (TPSA) is 17.1 Å². The quantitative estimate of drug-likeness (QED) is 0.282. The zero-order valence-corrected chi connectivity index (χ0v) is 24.5. The predicted molar refractivity (Wildman–Crippen MR) is 164 cm³/mol. The molecule has 1 aliphatic rings. The Kier molecular flexibility index (Phi) is 8.76. The van der Waals surface area contributed by atoms with Crippen molar-refractivity contribution in [2.45, 2.75) is 98.3 Å². The van der Waals surface area contributed by atoms with Gasteiger partial charge in [0.15, 0.2) is 0 Å². The number of carbonyl (C=O) groups excluding carboxylic acids is 1. The van der Waals surface area contributed by atoms with Gasteiger partial charge in [-0.05, 0) is 96.4 Å². The Bertz CT molecular complexity index is 1280. The summed E-state index contributed by atoms with van der Waals surface area (Å²) in [4.78, 5) is 11.5. The summed E-state index contributed by atoms with van der Waals surface area (Å²) in [5.74, 6) is 0.201. The summed E-state index contributed by atoms with van der Waals surface area (Å²) in [5.41, 5.74) is 10.7. The van der Waals surface area contributed by atoms with E-state index in [0.717, 1.165) is 18.4 Å². The van der Waals surface area contributed by atoms with Crippen molar-refractivity contribution in [2.75, 3.05) is 0 Å². The number of rotatable bonds is 9. The molecule has 1 nitrogen and oxygen atoms in total. The zero-order valence-electron chi connectivity index (χ0n) is 24.5. The highest BCUT2D eigenvalue weighted by molar-refractivity contribution is 5.78. The molecule has 0 aliphatic heterocycles. The van der Waals surface area contributed by atoms with Crippen LogP contribution in [-0.2, 0) is 16.6 Å². The van der Waals surface area contributed by atoms with Crippen molar-refractivity contribution in [2.24, 2.45) is 5.41 Å². The molecule has 200 valence electrons. The second kappa shape index (κ2) is 11.9. The SMILES string of the molecule is CCC(CC)(c1ccc(/C=C/C2(C)CCCCC2)c(C)c1)c1ccc(-c2ccc(CC(C)=O)cc2)c(C)c1. The lowest BCUT2D eigenvalue weighted by atomic mass is 9.69. The van der Waals surface area contributed by atoms with Gasteiger partial charge in [-0.2, -0.15) is 0 Å². The van der Waals surface area contributed by atoms with Gasteiger partial charge in [0.05, 0.1) is 0 Å². The van der Waals surface area contributed by atoms with Crippen LogP contribution < -0.4 is 0 Å². The largest absolute Gasteiger partial charge is 0.300 e. The van der Waals surface area contributed by atoms with Crippen molar-refractivity contribution < 1.29 is 4.79 Å². The lowest BCUT2D eigenvalue weighted by molar-refractivity contribution is -0.116. The molecule has 1 heteroatoms. The first-order chi connectivity index (χ1) is 18.2. The van der Waals surface area contributed by atoms with Gasteiger partial charge in [-0.3, -0.25) is 4.79 Å². The fraction of sp³-hybridized carbons (Fsp3) is 0.432. The van der Waals surface area contributed by atoms with E-state index in [0.29, 0.717) is 11.8 Å². The average Bonchev–Trinajstić information content (AvgIpc) is 2.90. The van der Waals surface area contributed by atoms with Gasteiger partial charge in [0.1, 0.15) is 5.78 Å². The number of ketones is 1. The molecule has 1 fully saturated rings. The van der Waals surface area contributed by atoms with Crippen LogP contribution >= 0.6 is 0 Å². The minimum absolute atomic E-state index is 0.00299. The van der Waals surface area contributed by atoms with Crippen LogP contribution in [0.15, 0.2) is 66.7 Å². The molecule has 0 radical (unpaired) electrons. The number of aryl methyl sites for hydroxylation is 2. The molecule has 1 saturated carbocycles. The maximum Gasteiger partial charge on any atom is 0.134 e. The third kappa shape index (κ3) is 6.04. The summed E-state index contributed by atoms with van der Waals surface area (Å²) in [7, 11) is 0. The Labute approximate surface area is 231 Å². The molecular formula is C37H46O. The first kappa shape index (κ1) is 28.1. The molecule has 3 aromatic rings. The molecule has 0 saturated heterocycles. The van der Waals surface area contributed by atoms with E-state index < -0.39 is 0 Å². The normalized spacial score (nSPS) is 15.6. The number of hydrogen-bond donors (Lipinski definition) is 0. The molecule has 38 heavy (non-hydrogen) atoms. The average molecular weight is 507 g/mol. The van der Waals surface area contributed by atoms with Crippen LogP contribution in [-0.4, -0.2) is 5.78 Å². The highest BCUT2D eigenvalue weighted by Crippen LogP contribution is 2.42. The fourth-order valence-electron chi connectivity index (χ4n) is 6.59. The van der Waals surface area contributed by atoms with Crippen LogP contribution in [0.3, 0.4) is 0 Å². The molecule has 0 heterocycles. The van der Waals surface area contributed by atoms with Crippen LogP contribution in [0.1, 0.15) is 106 Å². The predicted octanol–water partition coefficient (Wildman–Crippen LogP) is 10.2. The smallest absolute Gasteiger partial charge is 0.134 e. The van der Waals surface area contributed by atoms with Gasteiger partial charge in [-0.25, -0.2) is 0 Å². The summed E-state index contributed by atoms with van der Waals surface area (Å²) in [6, 6.07) is 22.7. The van der Waals surface area contributed by atoms with Crippen molar-refractivity contribution >= 4 is 11.9 Å². The van der Waals surface area contributed by atoms with Crippen molar-refractivity contribution in [3.63, 3.8) is 0 Å². The minimum atomic E-state index is -0.00299. The van der Waals surface area contributed by atoms with E-state index >= 15 is 0 Å². The molecule has 3 aromatic carbocycles. The second-order valence-electron chi connectivity index (χ2n) is 12.0. The number of hydrogen-bond acceptors (Lipinski definition) is 1. The van der Waals surface area contributed by atoms with E-state index in [1.54, 1.807) is 6.92 Å². The lowest BCUT2D eigenvalue weighted by Gasteiger charge is -2.34. The van der Waals surface area contributed by atoms with Gasteiger partial charge < -0.3 is 0 Å². The molecule has 0 spiro atoms. The van der Waals surface area contributed by atoms with Gasteiger partial charge in [-0.15, -0.1) is 0 Å². The standard InChI is InChI=1S/C37H46O/c1-7-37(8-2,33-17-16-31(27(3)24-33)20-23-36(6)21-10-9-11-22-36)34-18-19-35(28(4)25-34)32-14-12-30(13-15-32)26-29(5)38/h12-20,23-25H,7-11,21-22,26H2,1-6H3/b23-20+. The summed E-state index contributed by atoms with van der Waals surface area (Å²) in [5, 5.41) is 0. The third-order valence-electron chi connectivity index (χ3n) is 9.19. The van der Waals surface area contributed by atoms with Crippen LogP contribution in [0.2, 0.25) is 0 Å². The molecule has 0 N–H and O–H groups in total. The maximum atomic E-state index is 11.5. The van der Waals surface area contributed by atoms with Crippen LogP contribution in [0.4, 0.5) is 0 Å². The number of carbonyl (C=O) groups is 1. The minimum Gasteiger partial charge on any atom is -0.300 e. The Morgan fingerprint density at radius 2 is 1.45 bits per heavy atom. The van der Waals surface area contributed by atoms with Crippen LogP contribution in [0.5, 0.6) is 0 Å². The van der Waals surface area contributed by atoms with Gasteiger partial charge in [0, 0.05) is 11.8 Å². The third-order valence-corrected chi connectivity index (χ3v) is 9.19. The maximum absolute atomic E-state index is 11.5. The van der Waals surface area contributed by atoms with E-state index in [-0.39, 0.29) is 11.2 Å². The first-order valence-electron chi connectivity index (χ1n) is 14.7. The second-order valence-corrected chi connectivity index (χ2v) is 12.0. The molecular weight excluding hydrogens is 460 g/mol. The number of benzene rings is 3. The monoisotopic (exact) mass is 506 g/mol. The molecule has 0 bridgehead atoms. The molecule has 0 amide bonds. The molecule has 0 unspecified atom stereocenters. The molecule has 0 aromatic heterocycles. The summed E-state index contributed by atoms with van der Waals surface area (Å²) in [6.45, 7) is 13.2. The summed E-state index contributed by atoms with van der Waals surface area (Å²) < 4.78 is 0. The van der Waals surface area contributed by atoms with E-state index in [2.05, 4.69) is 107 Å². The Morgan fingerprint density at radius 3 is 2.00 bits per heavy atom. The molecule has 1 aliphatic carbocycles. The van der Waals surface area contributed by atoms with Crippen molar-refractivity contribution in [1.82, 2.24) is 0 Å². The van der Waals surface area contributed by atoms with Crippen molar-refractivity contribution in [1.29, 1.82) is 0 Å². The number of allylic oxidation sites excluding steroid dienone is 1. The highest BCUT2D eigenvalue weighted by Gasteiger charge is 2.31. The highest BCUT2D eigenvalue weighted by atomic mass is 16.1. The summed E-state index contributed by atoms with van der Waals surface area (Å²) in [6.07, 6.45) is 14.2. The van der Waals surface area contributed by atoms with Crippen LogP contribution in [0.25, 0.3) is 17.2 Å². The van der Waals surface area contributed by atoms with Gasteiger partial charge >= 0.3 is 0 Å². The van der Waals surface area contributed by atoms with Crippen LogP contribution in [0, 0.1) is 19.3 Å². The van der Waals surface area contributed by atoms with Crippen molar-refractivity contribution in [3.8, 4) is 11.1 Å². The van der Waals surface area contributed by atoms with Gasteiger partial charge in [0.25, 0.3) is 0 Å². The van der Waals surface area contributed by atoms with Crippen molar-refractivity contribution in [3.05, 3.63) is 100 Å². The fourth-order valence-corrected chi connectivity index (χ4v) is 6.59. The summed E-state index contributed by atoms with van der Waals surface area (Å²) >= 11 is 0. The Morgan fingerprint density at radius 1 is 0.842 bits per heavy atom. The molecule has 4 rings (SSSR count). The van der Waals surface area contributed by atoms with Gasteiger partial charge in [0.2, 0.25) is 0 Å². The van der Waals surface area contributed by atoms with E-state index in [1.807, 2.05) is 0 Å². The molecule has 0 atom stereocenters. The van der Waals surface area contributed by atoms with E-state index in [1.165, 1.54) is 71.0 Å². The van der Waals surface area contributed by atoms with Gasteiger partial charge in [-0.1, -0.05) is 113 Å².